The first-order valence-corrected chi connectivity index (χ1v) is 15.7. The van der Waals surface area contributed by atoms with Gasteiger partial charge in [-0.2, -0.15) is 0 Å². The van der Waals surface area contributed by atoms with Gasteiger partial charge in [-0.25, -0.2) is 8.42 Å². The van der Waals surface area contributed by atoms with Crippen LogP contribution >= 0.6 is 0 Å². The van der Waals surface area contributed by atoms with Crippen molar-refractivity contribution in [3.8, 4) is 5.75 Å². The summed E-state index contributed by atoms with van der Waals surface area (Å²) in [6, 6.07) is 13.9. The van der Waals surface area contributed by atoms with E-state index in [1.54, 1.807) is 31.4 Å². The Bertz CT molecular complexity index is 1190. The molecule has 0 bridgehead atoms. The molecule has 1 atom stereocenters. The minimum atomic E-state index is -3.77. The number of anilines is 1. The molecule has 214 valence electrons. The maximum atomic E-state index is 13.9. The molecule has 1 aliphatic rings. The summed E-state index contributed by atoms with van der Waals surface area (Å²) in [6.07, 6.45) is 6.70. The number of rotatable bonds is 12. The highest BCUT2D eigenvalue weighted by atomic mass is 32.2. The summed E-state index contributed by atoms with van der Waals surface area (Å²) in [5.41, 5.74) is 2.31. The van der Waals surface area contributed by atoms with E-state index in [1.165, 1.54) is 11.3 Å². The molecule has 9 heteroatoms. The van der Waals surface area contributed by atoms with Gasteiger partial charge in [0.2, 0.25) is 21.8 Å². The average molecular weight is 558 g/mol. The minimum absolute atomic E-state index is 0.102. The zero-order chi connectivity index (χ0) is 28.6. The van der Waals surface area contributed by atoms with E-state index in [4.69, 9.17) is 4.74 Å². The van der Waals surface area contributed by atoms with Crippen LogP contribution in [0, 0.1) is 0 Å². The van der Waals surface area contributed by atoms with E-state index in [-0.39, 0.29) is 18.5 Å². The van der Waals surface area contributed by atoms with Gasteiger partial charge in [0, 0.05) is 12.6 Å². The highest BCUT2D eigenvalue weighted by Gasteiger charge is 2.32. The third kappa shape index (κ3) is 8.46. The predicted octanol–water partition coefficient (Wildman–Crippen LogP) is 4.84. The number of sulfonamides is 1. The second-order valence-corrected chi connectivity index (χ2v) is 12.6. The second kappa shape index (κ2) is 13.8. The van der Waals surface area contributed by atoms with Crippen LogP contribution in [0.2, 0.25) is 0 Å². The molecular formula is C30H43N3O5S. The highest BCUT2D eigenvalue weighted by molar-refractivity contribution is 7.92. The number of nitrogens with zero attached hydrogens (tertiary/aromatic N) is 2. The summed E-state index contributed by atoms with van der Waals surface area (Å²) < 4.78 is 32.0. The van der Waals surface area contributed by atoms with Gasteiger partial charge in [-0.05, 0) is 60.6 Å². The Labute approximate surface area is 233 Å². The van der Waals surface area contributed by atoms with Gasteiger partial charge in [0.05, 0.1) is 19.1 Å². The maximum Gasteiger partial charge on any atom is 0.244 e. The Hall–Kier alpha value is -3.07. The van der Waals surface area contributed by atoms with E-state index in [0.717, 1.165) is 47.4 Å². The molecule has 1 saturated carbocycles. The molecule has 0 aliphatic heterocycles. The van der Waals surface area contributed by atoms with E-state index < -0.39 is 28.5 Å². The highest BCUT2D eigenvalue weighted by Crippen LogP contribution is 2.24. The Morgan fingerprint density at radius 1 is 1.00 bits per heavy atom. The number of nitrogens with one attached hydrogen (secondary N) is 1. The molecule has 2 aromatic carbocycles. The van der Waals surface area contributed by atoms with E-state index in [9.17, 15) is 18.0 Å². The van der Waals surface area contributed by atoms with Gasteiger partial charge in [-0.15, -0.1) is 0 Å². The number of ether oxygens (including phenoxy) is 1. The van der Waals surface area contributed by atoms with Gasteiger partial charge >= 0.3 is 0 Å². The van der Waals surface area contributed by atoms with Crippen molar-refractivity contribution in [2.45, 2.75) is 83.8 Å². The monoisotopic (exact) mass is 557 g/mol. The Balaban J connectivity index is 1.91. The third-order valence-corrected chi connectivity index (χ3v) is 8.52. The van der Waals surface area contributed by atoms with Crippen molar-refractivity contribution in [3.63, 3.8) is 0 Å². The molecule has 39 heavy (non-hydrogen) atoms. The fraction of sp³-hybridized carbons (Fsp3) is 0.533. The van der Waals surface area contributed by atoms with Gasteiger partial charge in [-0.1, -0.05) is 64.3 Å². The lowest BCUT2D eigenvalue weighted by Crippen LogP contribution is -2.53. The lowest BCUT2D eigenvalue weighted by atomic mass is 9.95. The van der Waals surface area contributed by atoms with Crippen molar-refractivity contribution >= 4 is 27.5 Å². The van der Waals surface area contributed by atoms with E-state index in [0.29, 0.717) is 23.8 Å². The smallest absolute Gasteiger partial charge is 0.244 e. The van der Waals surface area contributed by atoms with Crippen molar-refractivity contribution in [1.82, 2.24) is 10.2 Å². The summed E-state index contributed by atoms with van der Waals surface area (Å²) in [5.74, 6) is 0.348. The van der Waals surface area contributed by atoms with E-state index in [1.807, 2.05) is 31.2 Å². The normalized spacial score (nSPS) is 15.0. The topological polar surface area (TPSA) is 96.0 Å². The number of carbonyl (C=O) groups is 2. The van der Waals surface area contributed by atoms with Crippen LogP contribution in [0.1, 0.15) is 76.3 Å². The van der Waals surface area contributed by atoms with Gasteiger partial charge in [0.25, 0.3) is 0 Å². The number of benzene rings is 2. The van der Waals surface area contributed by atoms with Crippen LogP contribution in [-0.4, -0.2) is 57.1 Å². The number of carbonyl (C=O) groups excluding carboxylic acids is 2. The van der Waals surface area contributed by atoms with Gasteiger partial charge in [-0.3, -0.25) is 13.9 Å². The van der Waals surface area contributed by atoms with Gasteiger partial charge in [0.15, 0.2) is 0 Å². The number of amides is 2. The molecule has 0 aromatic heterocycles. The summed E-state index contributed by atoms with van der Waals surface area (Å²) in [5, 5.41) is 3.16. The van der Waals surface area contributed by atoms with Gasteiger partial charge < -0.3 is 15.0 Å². The van der Waals surface area contributed by atoms with Crippen LogP contribution in [0.3, 0.4) is 0 Å². The lowest BCUT2D eigenvalue weighted by Gasteiger charge is -2.34. The molecule has 2 aromatic rings. The first-order valence-electron chi connectivity index (χ1n) is 13.8. The fourth-order valence-electron chi connectivity index (χ4n) is 5.03. The van der Waals surface area contributed by atoms with Crippen molar-refractivity contribution in [1.29, 1.82) is 0 Å². The number of hydrogen-bond donors (Lipinski definition) is 1. The summed E-state index contributed by atoms with van der Waals surface area (Å²) >= 11 is 0. The van der Waals surface area contributed by atoms with Gasteiger partial charge in [0.1, 0.15) is 18.3 Å². The van der Waals surface area contributed by atoms with E-state index >= 15 is 0 Å². The van der Waals surface area contributed by atoms with Crippen molar-refractivity contribution in [3.05, 3.63) is 59.7 Å². The van der Waals surface area contributed by atoms with Crippen LogP contribution in [0.25, 0.3) is 0 Å². The molecule has 0 saturated heterocycles. The fourth-order valence-corrected chi connectivity index (χ4v) is 5.88. The van der Waals surface area contributed by atoms with Crippen molar-refractivity contribution in [2.75, 3.05) is 24.2 Å². The molecule has 1 N–H and O–H groups in total. The zero-order valence-electron chi connectivity index (χ0n) is 23.9. The van der Waals surface area contributed by atoms with Crippen LogP contribution in [0.4, 0.5) is 5.69 Å². The molecule has 0 heterocycles. The SMILES string of the molecule is CC[C@@H](C(=O)NC1CCCCC1)N(Cc1ccc(OC)cc1)C(=O)CN(c1ccc(C(C)C)cc1)S(C)(=O)=O. The van der Waals surface area contributed by atoms with Crippen LogP contribution in [-0.2, 0) is 26.2 Å². The molecule has 3 rings (SSSR count). The molecule has 8 nitrogen and oxygen atoms in total. The average Bonchev–Trinajstić information content (AvgIpc) is 2.91. The predicted molar refractivity (Wildman–Crippen MR) is 155 cm³/mol. The molecule has 1 fully saturated rings. The maximum absolute atomic E-state index is 13.9. The first kappa shape index (κ1) is 30.5. The lowest BCUT2D eigenvalue weighted by molar-refractivity contribution is -0.140. The summed E-state index contributed by atoms with van der Waals surface area (Å²) in [6.45, 7) is 5.77. The second-order valence-electron chi connectivity index (χ2n) is 10.7. The molecule has 1 aliphatic carbocycles. The minimum Gasteiger partial charge on any atom is -0.497 e. The van der Waals surface area contributed by atoms with Crippen LogP contribution < -0.4 is 14.4 Å². The molecule has 0 radical (unpaired) electrons. The zero-order valence-corrected chi connectivity index (χ0v) is 24.7. The number of methoxy groups -OCH3 is 1. The first-order chi connectivity index (χ1) is 18.5. The summed E-state index contributed by atoms with van der Waals surface area (Å²) in [7, 11) is -2.18. The molecule has 0 unspecified atom stereocenters. The Kier molecular flexibility index (Phi) is 10.8. The van der Waals surface area contributed by atoms with E-state index in [2.05, 4.69) is 19.2 Å². The van der Waals surface area contributed by atoms with Crippen molar-refractivity contribution < 1.29 is 22.7 Å². The molecule has 2 amide bonds. The Morgan fingerprint density at radius 2 is 1.62 bits per heavy atom. The van der Waals surface area contributed by atoms with Crippen LogP contribution in [0.15, 0.2) is 48.5 Å². The Morgan fingerprint density at radius 3 is 2.13 bits per heavy atom. The van der Waals surface area contributed by atoms with Crippen molar-refractivity contribution in [2.24, 2.45) is 0 Å². The van der Waals surface area contributed by atoms with Crippen LogP contribution in [0.5, 0.6) is 5.75 Å². The third-order valence-electron chi connectivity index (χ3n) is 7.38. The molecular weight excluding hydrogens is 514 g/mol. The number of hydrogen-bond acceptors (Lipinski definition) is 5. The standard InChI is InChI=1S/C30H43N3O5S/c1-6-28(30(35)31-25-10-8-7-9-11-25)32(20-23-12-18-27(38-4)19-13-23)29(34)21-33(39(5,36)37)26-16-14-24(15-17-26)22(2)3/h12-19,22,25,28H,6-11,20-21H2,1-5H3,(H,31,35)/t28-/m0/s1. The quantitative estimate of drug-likeness (QED) is 0.403. The largest absolute Gasteiger partial charge is 0.497 e. The summed E-state index contributed by atoms with van der Waals surface area (Å²) in [4.78, 5) is 28.9. The molecule has 0 spiro atoms.